The lowest BCUT2D eigenvalue weighted by Gasteiger charge is -2.11. The zero-order chi connectivity index (χ0) is 11.6. The first kappa shape index (κ1) is 12.9. The predicted octanol–water partition coefficient (Wildman–Crippen LogP) is 2.72. The quantitative estimate of drug-likeness (QED) is 0.533. The van der Waals surface area contributed by atoms with Crippen molar-refractivity contribution >= 4 is 53.8 Å². The molecule has 0 saturated heterocycles. The molecule has 1 aromatic rings. The summed E-state index contributed by atoms with van der Waals surface area (Å²) in [4.78, 5) is 22.3. The fourth-order valence-electron chi connectivity index (χ4n) is 0.842. The molecule has 0 aliphatic carbocycles. The number of ether oxygens (including phenoxy) is 1. The molecule has 0 aliphatic rings. The van der Waals surface area contributed by atoms with E-state index in [0.29, 0.717) is 5.56 Å². The summed E-state index contributed by atoms with van der Waals surface area (Å²) in [6.07, 6.45) is 0. The second-order valence-corrected chi connectivity index (χ2v) is 9.28. The van der Waals surface area contributed by atoms with E-state index in [4.69, 9.17) is 0 Å². The average molecular weight is 405 g/mol. The van der Waals surface area contributed by atoms with Gasteiger partial charge in [-0.15, -0.1) is 0 Å². The first-order valence-electron chi connectivity index (χ1n) is 3.65. The van der Waals surface area contributed by atoms with Crippen molar-refractivity contribution in [3.8, 4) is 0 Å². The summed E-state index contributed by atoms with van der Waals surface area (Å²) in [5.74, 6) is -0.853. The minimum Gasteiger partial charge on any atom is -0.463 e. The lowest BCUT2D eigenvalue weighted by Crippen LogP contribution is -2.11. The highest BCUT2D eigenvalue weighted by Crippen LogP contribution is 2.43. The summed E-state index contributed by atoms with van der Waals surface area (Å²) in [5, 5.41) is 0. The largest absolute Gasteiger partial charge is 0.463 e. The molecule has 0 fully saturated rings. The molecule has 0 aliphatic heterocycles. The van der Waals surface area contributed by atoms with Gasteiger partial charge < -0.3 is 9.15 Å². The van der Waals surface area contributed by atoms with Crippen LogP contribution in [0, 0.1) is 0 Å². The molecule has 7 heteroatoms. The molecular weight excluding hydrogens is 400 g/mol. The molecule has 0 saturated carbocycles. The Bertz CT molecular complexity index is 432. The number of hydrogen-bond donors (Lipinski definition) is 0. The van der Waals surface area contributed by atoms with Gasteiger partial charge in [-0.25, -0.2) is 9.59 Å². The van der Waals surface area contributed by atoms with Crippen LogP contribution < -0.4 is 5.63 Å². The van der Waals surface area contributed by atoms with Gasteiger partial charge >= 0.3 is 11.6 Å². The van der Waals surface area contributed by atoms with E-state index >= 15 is 0 Å². The third-order valence-corrected chi connectivity index (χ3v) is 2.86. The fraction of sp³-hybridized carbons (Fsp3) is 0.250. The maximum Gasteiger partial charge on any atom is 0.374 e. The molecule has 0 unspecified atom stereocenters. The molecule has 0 spiro atoms. The highest BCUT2D eigenvalue weighted by molar-refractivity contribution is 9.38. The molecule has 0 bridgehead atoms. The van der Waals surface area contributed by atoms with E-state index in [-0.39, 0.29) is 5.76 Å². The molecule has 1 heterocycles. The Labute approximate surface area is 110 Å². The number of hydrogen-bond acceptors (Lipinski definition) is 4. The molecule has 0 radical (unpaired) electrons. The summed E-state index contributed by atoms with van der Waals surface area (Å²) >= 11 is 9.68. The molecular formula is C8H5Br3O4. The van der Waals surface area contributed by atoms with Gasteiger partial charge in [-0.2, -0.15) is 0 Å². The molecule has 15 heavy (non-hydrogen) atoms. The van der Waals surface area contributed by atoms with Crippen LogP contribution in [0.2, 0.25) is 0 Å². The first-order chi connectivity index (χ1) is 6.84. The summed E-state index contributed by atoms with van der Waals surface area (Å²) < 4.78 is 8.34. The van der Waals surface area contributed by atoms with Crippen molar-refractivity contribution in [1.82, 2.24) is 0 Å². The molecule has 82 valence electrons. The van der Waals surface area contributed by atoms with Crippen molar-refractivity contribution in [3.63, 3.8) is 0 Å². The van der Waals surface area contributed by atoms with Crippen LogP contribution in [-0.4, -0.2) is 13.1 Å². The Kier molecular flexibility index (Phi) is 4.13. The molecule has 0 aromatic carbocycles. The number of rotatable bonds is 1. The van der Waals surface area contributed by atoms with E-state index in [0.717, 1.165) is 0 Å². The normalized spacial score (nSPS) is 11.2. The van der Waals surface area contributed by atoms with E-state index in [1.807, 2.05) is 0 Å². The van der Waals surface area contributed by atoms with Crippen LogP contribution in [0.1, 0.15) is 16.1 Å². The Balaban J connectivity index is 3.29. The highest BCUT2D eigenvalue weighted by Gasteiger charge is 2.24. The summed E-state index contributed by atoms with van der Waals surface area (Å²) in [7, 11) is 1.21. The van der Waals surface area contributed by atoms with E-state index in [2.05, 4.69) is 56.9 Å². The molecule has 0 amide bonds. The second kappa shape index (κ2) is 4.80. The number of methoxy groups -OCH3 is 1. The Hall–Kier alpha value is -0.140. The minimum atomic E-state index is -0.772. The van der Waals surface area contributed by atoms with Crippen molar-refractivity contribution in [2.45, 2.75) is 2.14 Å². The van der Waals surface area contributed by atoms with Gasteiger partial charge in [0.15, 0.2) is 2.14 Å². The predicted molar refractivity (Wildman–Crippen MR) is 64.8 cm³/mol. The van der Waals surface area contributed by atoms with Crippen LogP contribution in [0.3, 0.4) is 0 Å². The van der Waals surface area contributed by atoms with Gasteiger partial charge in [0.1, 0.15) is 0 Å². The van der Waals surface area contributed by atoms with Crippen LogP contribution in [0.25, 0.3) is 0 Å². The number of carbonyl (C=O) groups excluding carboxylic acids is 1. The molecule has 4 nitrogen and oxygen atoms in total. The van der Waals surface area contributed by atoms with Crippen LogP contribution in [0.4, 0.5) is 0 Å². The van der Waals surface area contributed by atoms with Crippen molar-refractivity contribution in [3.05, 3.63) is 33.9 Å². The molecule has 0 atom stereocenters. The standard InChI is InChI=1S/C8H5Br3O4/c1-14-7(13)5-2-4(8(9,10)11)3-6(12)15-5/h2-3H,1H3. The number of carbonyl (C=O) groups is 1. The van der Waals surface area contributed by atoms with E-state index in [9.17, 15) is 9.59 Å². The highest BCUT2D eigenvalue weighted by atomic mass is 80.0. The lowest BCUT2D eigenvalue weighted by atomic mass is 10.3. The smallest absolute Gasteiger partial charge is 0.374 e. The maximum absolute atomic E-state index is 11.1. The second-order valence-electron chi connectivity index (χ2n) is 2.52. The topological polar surface area (TPSA) is 56.5 Å². The first-order valence-corrected chi connectivity index (χ1v) is 6.03. The van der Waals surface area contributed by atoms with Gasteiger partial charge in [0.05, 0.1) is 7.11 Å². The van der Waals surface area contributed by atoms with Gasteiger partial charge in [0.25, 0.3) is 0 Å². The van der Waals surface area contributed by atoms with Crippen LogP contribution in [-0.2, 0) is 6.88 Å². The molecule has 1 rings (SSSR count). The van der Waals surface area contributed by atoms with E-state index in [1.165, 1.54) is 19.2 Å². The Morgan fingerprint density at radius 1 is 1.40 bits per heavy atom. The number of halogens is 3. The SMILES string of the molecule is COC(=O)c1cc(C(Br)(Br)Br)cc(=O)o1. The lowest BCUT2D eigenvalue weighted by molar-refractivity contribution is 0.0559. The van der Waals surface area contributed by atoms with Gasteiger partial charge in [0, 0.05) is 11.6 Å². The van der Waals surface area contributed by atoms with Crippen LogP contribution in [0.5, 0.6) is 0 Å². The fourth-order valence-corrected chi connectivity index (χ4v) is 1.53. The Morgan fingerprint density at radius 2 is 2.00 bits per heavy atom. The summed E-state index contributed by atoms with van der Waals surface area (Å²) in [5.41, 5.74) is -0.130. The molecule has 1 aromatic heterocycles. The van der Waals surface area contributed by atoms with Crippen molar-refractivity contribution < 1.29 is 13.9 Å². The zero-order valence-electron chi connectivity index (χ0n) is 7.42. The Morgan fingerprint density at radius 3 is 2.47 bits per heavy atom. The van der Waals surface area contributed by atoms with Gasteiger partial charge in [-0.3, -0.25) is 0 Å². The van der Waals surface area contributed by atoms with Crippen molar-refractivity contribution in [2.24, 2.45) is 0 Å². The maximum atomic E-state index is 11.1. The van der Waals surface area contributed by atoms with E-state index in [1.54, 1.807) is 0 Å². The van der Waals surface area contributed by atoms with Crippen molar-refractivity contribution in [1.29, 1.82) is 0 Å². The third kappa shape index (κ3) is 3.42. The summed E-state index contributed by atoms with van der Waals surface area (Å²) in [6, 6.07) is 2.64. The number of alkyl halides is 3. The van der Waals surface area contributed by atoms with Gasteiger partial charge in [-0.05, 0) is 6.07 Å². The zero-order valence-corrected chi connectivity index (χ0v) is 12.2. The minimum absolute atomic E-state index is 0.150. The molecule has 0 N–H and O–H groups in total. The van der Waals surface area contributed by atoms with Crippen LogP contribution in [0.15, 0.2) is 21.3 Å². The monoisotopic (exact) mass is 402 g/mol. The summed E-state index contributed by atoms with van der Waals surface area (Å²) in [6.45, 7) is 0. The third-order valence-electron chi connectivity index (χ3n) is 1.48. The van der Waals surface area contributed by atoms with Gasteiger partial charge in [-0.1, -0.05) is 47.8 Å². The average Bonchev–Trinajstić information content (AvgIpc) is 2.14. The number of esters is 1. The van der Waals surface area contributed by atoms with Crippen molar-refractivity contribution in [2.75, 3.05) is 7.11 Å². The van der Waals surface area contributed by atoms with Crippen LogP contribution >= 0.6 is 47.8 Å². The van der Waals surface area contributed by atoms with Gasteiger partial charge in [0.2, 0.25) is 5.76 Å². The van der Waals surface area contributed by atoms with E-state index < -0.39 is 13.7 Å².